The molecule has 2 rings (SSSR count). The highest BCUT2D eigenvalue weighted by Crippen LogP contribution is 2.17. The number of anilines is 1. The molecule has 0 saturated heterocycles. The zero-order chi connectivity index (χ0) is 16.5. The molecule has 1 atom stereocenters. The van der Waals surface area contributed by atoms with Gasteiger partial charge in [0, 0.05) is 5.69 Å². The van der Waals surface area contributed by atoms with Gasteiger partial charge in [0.25, 0.3) is 0 Å². The van der Waals surface area contributed by atoms with Crippen LogP contribution in [0.25, 0.3) is 6.08 Å². The molecule has 120 valence electrons. The molecular weight excluding hydrogens is 290 g/mol. The lowest BCUT2D eigenvalue weighted by molar-refractivity contribution is -0.142. The predicted molar refractivity (Wildman–Crippen MR) is 92.5 cm³/mol. The van der Waals surface area contributed by atoms with Crippen molar-refractivity contribution >= 4 is 17.7 Å². The van der Waals surface area contributed by atoms with Crippen LogP contribution in [-0.4, -0.2) is 25.7 Å². The van der Waals surface area contributed by atoms with E-state index in [0.29, 0.717) is 6.61 Å². The van der Waals surface area contributed by atoms with Crippen molar-refractivity contribution in [2.75, 3.05) is 19.0 Å². The van der Waals surface area contributed by atoms with E-state index in [0.717, 1.165) is 17.0 Å². The zero-order valence-electron chi connectivity index (χ0n) is 13.4. The summed E-state index contributed by atoms with van der Waals surface area (Å²) in [6.07, 6.45) is 3.70. The molecule has 1 N–H and O–H groups in total. The number of benzene rings is 2. The summed E-state index contributed by atoms with van der Waals surface area (Å²) in [6, 6.07) is 16.7. The summed E-state index contributed by atoms with van der Waals surface area (Å²) < 4.78 is 10.3. The highest BCUT2D eigenvalue weighted by atomic mass is 16.5. The third kappa shape index (κ3) is 5.18. The van der Waals surface area contributed by atoms with Crippen molar-refractivity contribution in [3.05, 3.63) is 66.2 Å². The Bertz CT molecular complexity index is 635. The number of ether oxygens (including phenoxy) is 2. The van der Waals surface area contributed by atoms with E-state index in [9.17, 15) is 4.79 Å². The first-order valence-electron chi connectivity index (χ1n) is 7.53. The highest BCUT2D eigenvalue weighted by Gasteiger charge is 2.16. The van der Waals surface area contributed by atoms with Crippen LogP contribution in [0.1, 0.15) is 12.5 Å². The van der Waals surface area contributed by atoms with E-state index >= 15 is 0 Å². The second-order valence-corrected chi connectivity index (χ2v) is 4.87. The molecule has 0 amide bonds. The maximum absolute atomic E-state index is 12.1. The zero-order valence-corrected chi connectivity index (χ0v) is 13.4. The van der Waals surface area contributed by atoms with Crippen LogP contribution in [-0.2, 0) is 9.53 Å². The molecule has 23 heavy (non-hydrogen) atoms. The lowest BCUT2D eigenvalue weighted by Gasteiger charge is -2.15. The number of rotatable bonds is 7. The molecule has 0 saturated carbocycles. The van der Waals surface area contributed by atoms with E-state index in [1.54, 1.807) is 20.1 Å². The van der Waals surface area contributed by atoms with E-state index < -0.39 is 6.04 Å². The molecule has 0 aliphatic rings. The van der Waals surface area contributed by atoms with Gasteiger partial charge in [0.1, 0.15) is 11.8 Å². The smallest absolute Gasteiger partial charge is 0.332 e. The SMILES string of the molecule is CCOC(=O)C(/C=C/c1ccccc1)Nc1ccc(OC)cc1. The van der Waals surface area contributed by atoms with Crippen molar-refractivity contribution in [3.63, 3.8) is 0 Å². The maximum Gasteiger partial charge on any atom is 0.332 e. The van der Waals surface area contributed by atoms with Gasteiger partial charge in [-0.3, -0.25) is 0 Å². The molecule has 0 bridgehead atoms. The van der Waals surface area contributed by atoms with Gasteiger partial charge in [0.15, 0.2) is 0 Å². The summed E-state index contributed by atoms with van der Waals surface area (Å²) in [5, 5.41) is 3.17. The minimum absolute atomic E-state index is 0.310. The number of carbonyl (C=O) groups is 1. The van der Waals surface area contributed by atoms with Gasteiger partial charge in [-0.05, 0) is 36.8 Å². The van der Waals surface area contributed by atoms with E-state index in [2.05, 4.69) is 5.32 Å². The molecule has 0 aliphatic heterocycles. The topological polar surface area (TPSA) is 47.6 Å². The third-order valence-corrected chi connectivity index (χ3v) is 3.23. The van der Waals surface area contributed by atoms with Crippen LogP contribution in [0.3, 0.4) is 0 Å². The highest BCUT2D eigenvalue weighted by molar-refractivity contribution is 5.83. The molecule has 2 aromatic rings. The molecule has 0 fully saturated rings. The Labute approximate surface area is 136 Å². The van der Waals surface area contributed by atoms with Gasteiger partial charge in [-0.15, -0.1) is 0 Å². The molecule has 2 aromatic carbocycles. The first-order chi connectivity index (χ1) is 11.2. The van der Waals surface area contributed by atoms with Gasteiger partial charge in [-0.1, -0.05) is 42.5 Å². The molecule has 0 heterocycles. The van der Waals surface area contributed by atoms with Crippen LogP contribution in [0.5, 0.6) is 5.75 Å². The van der Waals surface area contributed by atoms with Gasteiger partial charge in [0.05, 0.1) is 13.7 Å². The van der Waals surface area contributed by atoms with E-state index in [4.69, 9.17) is 9.47 Å². The molecule has 0 radical (unpaired) electrons. The molecule has 4 heteroatoms. The van der Waals surface area contributed by atoms with Crippen molar-refractivity contribution in [1.29, 1.82) is 0 Å². The Hall–Kier alpha value is -2.75. The molecular formula is C19H21NO3. The second-order valence-electron chi connectivity index (χ2n) is 4.87. The van der Waals surface area contributed by atoms with Crippen molar-refractivity contribution in [2.24, 2.45) is 0 Å². The van der Waals surface area contributed by atoms with Crippen LogP contribution in [0.4, 0.5) is 5.69 Å². The standard InChI is InChI=1S/C19H21NO3/c1-3-23-19(21)18(14-9-15-7-5-4-6-8-15)20-16-10-12-17(22-2)13-11-16/h4-14,18,20H,3H2,1-2H3/b14-9+. The van der Waals surface area contributed by atoms with Crippen LogP contribution in [0.15, 0.2) is 60.7 Å². The van der Waals surface area contributed by atoms with Crippen LogP contribution in [0, 0.1) is 0 Å². The Morgan fingerprint density at radius 2 is 1.83 bits per heavy atom. The number of hydrogen-bond acceptors (Lipinski definition) is 4. The summed E-state index contributed by atoms with van der Waals surface area (Å²) in [5.74, 6) is 0.457. The predicted octanol–water partition coefficient (Wildman–Crippen LogP) is 3.75. The van der Waals surface area contributed by atoms with Crippen molar-refractivity contribution in [2.45, 2.75) is 13.0 Å². The molecule has 4 nitrogen and oxygen atoms in total. The van der Waals surface area contributed by atoms with Gasteiger partial charge < -0.3 is 14.8 Å². The Kier molecular flexibility index (Phi) is 6.24. The van der Waals surface area contributed by atoms with E-state index in [1.807, 2.05) is 60.7 Å². The number of esters is 1. The molecule has 0 spiro atoms. The van der Waals surface area contributed by atoms with E-state index in [-0.39, 0.29) is 5.97 Å². The van der Waals surface area contributed by atoms with Gasteiger partial charge in [-0.2, -0.15) is 0 Å². The lowest BCUT2D eigenvalue weighted by atomic mass is 10.1. The van der Waals surface area contributed by atoms with Crippen molar-refractivity contribution in [3.8, 4) is 5.75 Å². The summed E-state index contributed by atoms with van der Waals surface area (Å²) in [5.41, 5.74) is 1.85. The molecule has 0 aromatic heterocycles. The lowest BCUT2D eigenvalue weighted by Crippen LogP contribution is -2.29. The number of methoxy groups -OCH3 is 1. The third-order valence-electron chi connectivity index (χ3n) is 3.23. The second kappa shape index (κ2) is 8.63. The first kappa shape index (κ1) is 16.6. The van der Waals surface area contributed by atoms with Gasteiger partial charge in [-0.25, -0.2) is 4.79 Å². The minimum Gasteiger partial charge on any atom is -0.497 e. The molecule has 0 aliphatic carbocycles. The summed E-state index contributed by atoms with van der Waals surface area (Å²) in [6.45, 7) is 2.14. The van der Waals surface area contributed by atoms with Crippen molar-refractivity contribution in [1.82, 2.24) is 0 Å². The number of hydrogen-bond donors (Lipinski definition) is 1. The normalized spacial score (nSPS) is 11.9. The monoisotopic (exact) mass is 311 g/mol. The number of carbonyl (C=O) groups excluding carboxylic acids is 1. The fourth-order valence-electron chi connectivity index (χ4n) is 2.06. The van der Waals surface area contributed by atoms with Crippen LogP contribution in [0.2, 0.25) is 0 Å². The Balaban J connectivity index is 2.13. The summed E-state index contributed by atoms with van der Waals surface area (Å²) in [7, 11) is 1.62. The molecule has 1 unspecified atom stereocenters. The van der Waals surface area contributed by atoms with Gasteiger partial charge >= 0.3 is 5.97 Å². The Morgan fingerprint density at radius 3 is 2.43 bits per heavy atom. The van der Waals surface area contributed by atoms with Crippen LogP contribution < -0.4 is 10.1 Å². The Morgan fingerprint density at radius 1 is 1.13 bits per heavy atom. The number of nitrogens with one attached hydrogen (secondary N) is 1. The minimum atomic E-state index is -0.552. The van der Waals surface area contributed by atoms with Crippen molar-refractivity contribution < 1.29 is 14.3 Å². The quantitative estimate of drug-likeness (QED) is 0.791. The average Bonchev–Trinajstić information content (AvgIpc) is 2.60. The summed E-state index contributed by atoms with van der Waals surface area (Å²) in [4.78, 5) is 12.1. The average molecular weight is 311 g/mol. The summed E-state index contributed by atoms with van der Waals surface area (Å²) >= 11 is 0. The fraction of sp³-hybridized carbons (Fsp3) is 0.211. The fourth-order valence-corrected chi connectivity index (χ4v) is 2.06. The van der Waals surface area contributed by atoms with Gasteiger partial charge in [0.2, 0.25) is 0 Å². The largest absolute Gasteiger partial charge is 0.497 e. The maximum atomic E-state index is 12.1. The van der Waals surface area contributed by atoms with E-state index in [1.165, 1.54) is 0 Å². The van der Waals surface area contributed by atoms with Crippen LogP contribution >= 0.6 is 0 Å². The first-order valence-corrected chi connectivity index (χ1v) is 7.53.